The Morgan fingerprint density at radius 3 is 2.40 bits per heavy atom. The van der Waals surface area contributed by atoms with Gasteiger partial charge in [-0.05, 0) is 79.0 Å². The third-order valence-corrected chi connectivity index (χ3v) is 9.04. The monoisotopic (exact) mass is 577 g/mol. The van der Waals surface area contributed by atoms with Gasteiger partial charge in [0.1, 0.15) is 6.10 Å². The predicted octanol–water partition coefficient (Wildman–Crippen LogP) is 5.06. The van der Waals surface area contributed by atoms with Crippen LogP contribution in [0.1, 0.15) is 73.3 Å². The van der Waals surface area contributed by atoms with Gasteiger partial charge in [-0.25, -0.2) is 8.78 Å². The SMILES string of the molecule is CC(=O)N1Cc2cc(C3CCN(C(=O)C(C)O)CC3)cc(N3CCCc4cc(-c5cnn(C)c5)c(C(F)F)cc43)c2C1. The van der Waals surface area contributed by atoms with E-state index in [9.17, 15) is 23.5 Å². The Bertz CT molecular complexity index is 1530. The van der Waals surface area contributed by atoms with Crippen molar-refractivity contribution in [2.45, 2.75) is 71.1 Å². The normalized spacial score (nSPS) is 17.9. The van der Waals surface area contributed by atoms with Crippen LogP contribution >= 0.6 is 0 Å². The Kier molecular flexibility index (Phi) is 7.51. The highest BCUT2D eigenvalue weighted by Gasteiger charge is 2.33. The van der Waals surface area contributed by atoms with E-state index >= 15 is 0 Å². The Labute approximate surface area is 244 Å². The summed E-state index contributed by atoms with van der Waals surface area (Å²) in [6.07, 6.45) is 2.95. The van der Waals surface area contributed by atoms with Crippen LogP contribution < -0.4 is 4.90 Å². The van der Waals surface area contributed by atoms with Crippen molar-refractivity contribution >= 4 is 23.2 Å². The predicted molar refractivity (Wildman–Crippen MR) is 156 cm³/mol. The third kappa shape index (κ3) is 5.17. The standard InChI is InChI=1S/C32H37F2N5O3/c1-19(40)32(42)37-9-6-21(7-10-37)23-11-24-17-38(20(2)41)18-28(24)30(13-23)39-8-4-5-22-12-26(25-15-35-36(3)16-25)27(31(33)34)14-29(22)39/h11-16,19,21,31,40H,4-10,17-18H2,1-3H3. The van der Waals surface area contributed by atoms with E-state index < -0.39 is 12.5 Å². The van der Waals surface area contributed by atoms with Crippen molar-refractivity contribution in [3.63, 3.8) is 0 Å². The topological polar surface area (TPSA) is 81.9 Å². The average Bonchev–Trinajstić information content (AvgIpc) is 3.62. The van der Waals surface area contributed by atoms with Crippen LogP contribution in [0.2, 0.25) is 0 Å². The van der Waals surface area contributed by atoms with Crippen LogP contribution in [0.5, 0.6) is 0 Å². The van der Waals surface area contributed by atoms with E-state index in [1.807, 2.05) is 11.0 Å². The van der Waals surface area contributed by atoms with E-state index in [1.165, 1.54) is 6.92 Å². The van der Waals surface area contributed by atoms with Gasteiger partial charge in [-0.1, -0.05) is 6.07 Å². The van der Waals surface area contributed by atoms with Gasteiger partial charge in [0.25, 0.3) is 12.3 Å². The second-order valence-electron chi connectivity index (χ2n) is 11.9. The molecule has 3 aliphatic rings. The van der Waals surface area contributed by atoms with Gasteiger partial charge in [-0.3, -0.25) is 14.3 Å². The molecule has 42 heavy (non-hydrogen) atoms. The van der Waals surface area contributed by atoms with Gasteiger partial charge < -0.3 is 19.8 Å². The molecule has 2 aromatic carbocycles. The number of rotatable bonds is 5. The first kappa shape index (κ1) is 28.3. The molecule has 0 saturated carbocycles. The Morgan fingerprint density at radius 1 is 1.00 bits per heavy atom. The molecule has 222 valence electrons. The van der Waals surface area contributed by atoms with Gasteiger partial charge in [0, 0.05) is 81.0 Å². The third-order valence-electron chi connectivity index (χ3n) is 9.04. The summed E-state index contributed by atoms with van der Waals surface area (Å²) >= 11 is 0. The fourth-order valence-corrected chi connectivity index (χ4v) is 6.80. The van der Waals surface area contributed by atoms with Crippen LogP contribution in [-0.2, 0) is 36.1 Å². The summed E-state index contributed by atoms with van der Waals surface area (Å²) in [6, 6.07) is 7.93. The first-order valence-corrected chi connectivity index (χ1v) is 14.7. The number of piperidine rings is 1. The molecular formula is C32H37F2N5O3. The number of aryl methyl sites for hydroxylation is 2. The molecule has 0 radical (unpaired) electrons. The van der Waals surface area contributed by atoms with E-state index in [2.05, 4.69) is 22.1 Å². The minimum Gasteiger partial charge on any atom is -0.384 e. The highest BCUT2D eigenvalue weighted by Crippen LogP contribution is 2.45. The van der Waals surface area contributed by atoms with E-state index in [0.717, 1.165) is 59.3 Å². The maximum Gasteiger partial charge on any atom is 0.264 e. The Balaban J connectivity index is 1.40. The molecule has 0 spiro atoms. The van der Waals surface area contributed by atoms with Crippen molar-refractivity contribution in [2.75, 3.05) is 24.5 Å². The zero-order valence-electron chi connectivity index (χ0n) is 24.3. The zero-order chi connectivity index (χ0) is 29.7. The van der Waals surface area contributed by atoms with E-state index in [0.29, 0.717) is 43.9 Å². The van der Waals surface area contributed by atoms with E-state index in [1.54, 1.807) is 42.0 Å². The minimum absolute atomic E-state index is 0.00351. The quantitative estimate of drug-likeness (QED) is 0.459. The molecule has 1 fully saturated rings. The second-order valence-corrected chi connectivity index (χ2v) is 11.9. The number of hydrogen-bond acceptors (Lipinski definition) is 5. The first-order valence-electron chi connectivity index (χ1n) is 14.7. The summed E-state index contributed by atoms with van der Waals surface area (Å²) in [6.45, 7) is 5.92. The van der Waals surface area contributed by atoms with Crippen LogP contribution in [-0.4, -0.2) is 62.2 Å². The van der Waals surface area contributed by atoms with Crippen molar-refractivity contribution in [3.8, 4) is 11.1 Å². The summed E-state index contributed by atoms with van der Waals surface area (Å²) in [4.78, 5) is 30.5. The van der Waals surface area contributed by atoms with Gasteiger partial charge in [-0.15, -0.1) is 0 Å². The van der Waals surface area contributed by atoms with Crippen molar-refractivity contribution in [1.29, 1.82) is 0 Å². The fourth-order valence-electron chi connectivity index (χ4n) is 6.80. The number of aromatic nitrogens is 2. The molecule has 0 bridgehead atoms. The molecule has 10 heteroatoms. The van der Waals surface area contributed by atoms with Crippen molar-refractivity contribution < 1.29 is 23.5 Å². The van der Waals surface area contributed by atoms with Gasteiger partial charge in [0.05, 0.1) is 6.20 Å². The van der Waals surface area contributed by atoms with Gasteiger partial charge in [0.15, 0.2) is 0 Å². The number of nitrogens with zero attached hydrogens (tertiary/aromatic N) is 5. The maximum atomic E-state index is 14.5. The zero-order valence-corrected chi connectivity index (χ0v) is 24.3. The number of carbonyl (C=O) groups is 2. The number of halogens is 2. The molecule has 4 heterocycles. The van der Waals surface area contributed by atoms with Gasteiger partial charge in [0.2, 0.25) is 5.91 Å². The average molecular weight is 578 g/mol. The number of hydrogen-bond donors (Lipinski definition) is 1. The van der Waals surface area contributed by atoms with Crippen molar-refractivity contribution in [3.05, 3.63) is 64.5 Å². The molecule has 6 rings (SSSR count). The Morgan fingerprint density at radius 2 is 1.76 bits per heavy atom. The highest BCUT2D eigenvalue weighted by atomic mass is 19.3. The summed E-state index contributed by atoms with van der Waals surface area (Å²) in [5, 5.41) is 13.9. The molecule has 1 atom stereocenters. The number of carbonyl (C=O) groups excluding carboxylic acids is 2. The number of aliphatic hydroxyl groups excluding tert-OH is 1. The molecule has 3 aliphatic heterocycles. The fraction of sp³-hybridized carbons (Fsp3) is 0.469. The number of fused-ring (bicyclic) bond motifs is 2. The molecule has 0 aliphatic carbocycles. The van der Waals surface area contributed by atoms with Crippen molar-refractivity contribution in [2.24, 2.45) is 7.05 Å². The van der Waals surface area contributed by atoms with E-state index in [4.69, 9.17) is 0 Å². The molecule has 2 amide bonds. The van der Waals surface area contributed by atoms with Crippen LogP contribution in [0.25, 0.3) is 11.1 Å². The van der Waals surface area contributed by atoms with Crippen LogP contribution in [0.4, 0.5) is 20.2 Å². The lowest BCUT2D eigenvalue weighted by Crippen LogP contribution is -2.42. The number of alkyl halides is 2. The van der Waals surface area contributed by atoms with Crippen LogP contribution in [0.15, 0.2) is 36.7 Å². The summed E-state index contributed by atoms with van der Waals surface area (Å²) in [5.74, 6) is -0.0262. The minimum atomic E-state index is -2.64. The van der Waals surface area contributed by atoms with Gasteiger partial charge in [-0.2, -0.15) is 5.10 Å². The van der Waals surface area contributed by atoms with Crippen LogP contribution in [0.3, 0.4) is 0 Å². The van der Waals surface area contributed by atoms with Crippen LogP contribution in [0, 0.1) is 0 Å². The molecule has 3 aromatic rings. The Hall–Kier alpha value is -3.79. The first-order chi connectivity index (χ1) is 20.1. The lowest BCUT2D eigenvalue weighted by Gasteiger charge is -2.36. The number of aliphatic hydroxyl groups is 1. The summed E-state index contributed by atoms with van der Waals surface area (Å²) in [5.41, 5.74) is 7.27. The maximum absolute atomic E-state index is 14.5. The number of anilines is 2. The molecule has 1 unspecified atom stereocenters. The smallest absolute Gasteiger partial charge is 0.264 e. The van der Waals surface area contributed by atoms with Gasteiger partial charge >= 0.3 is 0 Å². The largest absolute Gasteiger partial charge is 0.384 e. The number of amides is 2. The molecule has 1 aromatic heterocycles. The lowest BCUT2D eigenvalue weighted by atomic mass is 9.86. The van der Waals surface area contributed by atoms with E-state index in [-0.39, 0.29) is 23.3 Å². The highest BCUT2D eigenvalue weighted by molar-refractivity contribution is 5.81. The molecular weight excluding hydrogens is 540 g/mol. The number of likely N-dealkylation sites (tertiary alicyclic amines) is 1. The van der Waals surface area contributed by atoms with Crippen molar-refractivity contribution in [1.82, 2.24) is 19.6 Å². The molecule has 1 N–H and O–H groups in total. The summed E-state index contributed by atoms with van der Waals surface area (Å²) in [7, 11) is 1.78. The lowest BCUT2D eigenvalue weighted by molar-refractivity contribution is -0.140. The molecule has 1 saturated heterocycles. The number of benzene rings is 2. The molecule has 8 nitrogen and oxygen atoms in total. The second kappa shape index (κ2) is 11.1. The summed E-state index contributed by atoms with van der Waals surface area (Å²) < 4.78 is 30.6.